The van der Waals surface area contributed by atoms with E-state index in [0.717, 1.165) is 18.2 Å². The van der Waals surface area contributed by atoms with Crippen molar-refractivity contribution in [2.24, 2.45) is 0 Å². The van der Waals surface area contributed by atoms with E-state index in [1.807, 2.05) is 0 Å². The summed E-state index contributed by atoms with van der Waals surface area (Å²) in [6, 6.07) is 4.24. The number of amides is 1. The van der Waals surface area contributed by atoms with Gasteiger partial charge in [0.2, 0.25) is 0 Å². The van der Waals surface area contributed by atoms with Gasteiger partial charge in [-0.2, -0.15) is 0 Å². The molecule has 16 heavy (non-hydrogen) atoms. The Kier molecular flexibility index (Phi) is 2.63. The molecule has 0 aromatic carbocycles. The fourth-order valence-electron chi connectivity index (χ4n) is 2.33. The summed E-state index contributed by atoms with van der Waals surface area (Å²) in [7, 11) is 0. The zero-order valence-corrected chi connectivity index (χ0v) is 9.22. The Balaban J connectivity index is 0.000000963. The third-order valence-corrected chi connectivity index (χ3v) is 3.32. The van der Waals surface area contributed by atoms with Crippen LogP contribution in [0.15, 0.2) is 12.1 Å². The minimum Gasteiger partial charge on any atom is -0.465 e. The minimum absolute atomic E-state index is 0. The van der Waals surface area contributed by atoms with E-state index in [1.54, 1.807) is 0 Å². The van der Waals surface area contributed by atoms with Gasteiger partial charge in [-0.15, -0.1) is 0 Å². The second-order valence-electron chi connectivity index (χ2n) is 4.38. The summed E-state index contributed by atoms with van der Waals surface area (Å²) in [5.41, 5.74) is 2.56. The summed E-state index contributed by atoms with van der Waals surface area (Å²) in [6.07, 6.45) is 1.79. The van der Waals surface area contributed by atoms with Crippen molar-refractivity contribution in [3.8, 4) is 0 Å². The van der Waals surface area contributed by atoms with Crippen LogP contribution in [0.3, 0.4) is 0 Å². The zero-order valence-electron chi connectivity index (χ0n) is 9.22. The van der Waals surface area contributed by atoms with Crippen molar-refractivity contribution in [1.29, 1.82) is 0 Å². The van der Waals surface area contributed by atoms with Crippen LogP contribution in [0.5, 0.6) is 0 Å². The van der Waals surface area contributed by atoms with Gasteiger partial charge in [-0.3, -0.25) is 0 Å². The normalized spacial score (nSPS) is 18.9. The standard InChI is InChI=1S/C11H14N2O2.H3N/c14-11(15)12-5-6-13-9(7-12)3-4-10(13)8-1-2-8;/h3-4,8H,1-2,5-7H2,(H,14,15);1H3. The highest BCUT2D eigenvalue weighted by molar-refractivity contribution is 5.65. The number of carboxylic acid groups (broad SMARTS) is 1. The van der Waals surface area contributed by atoms with E-state index in [1.165, 1.54) is 23.4 Å². The molecule has 4 N–H and O–H groups in total. The van der Waals surface area contributed by atoms with Crippen molar-refractivity contribution in [1.82, 2.24) is 15.6 Å². The molecule has 1 aromatic heterocycles. The molecular weight excluding hydrogens is 206 g/mol. The van der Waals surface area contributed by atoms with E-state index >= 15 is 0 Å². The van der Waals surface area contributed by atoms with Gasteiger partial charge in [-0.05, 0) is 30.9 Å². The lowest BCUT2D eigenvalue weighted by Gasteiger charge is -2.27. The Bertz CT molecular complexity index is 409. The number of hydrogen-bond acceptors (Lipinski definition) is 2. The predicted molar refractivity (Wildman–Crippen MR) is 59.9 cm³/mol. The number of fused-ring (bicyclic) bond motifs is 1. The molecule has 5 heteroatoms. The van der Waals surface area contributed by atoms with Gasteiger partial charge >= 0.3 is 6.09 Å². The van der Waals surface area contributed by atoms with E-state index < -0.39 is 6.09 Å². The second kappa shape index (κ2) is 3.83. The van der Waals surface area contributed by atoms with Gasteiger partial charge in [0.05, 0.1) is 6.54 Å². The number of aromatic nitrogens is 1. The molecule has 1 fully saturated rings. The fourth-order valence-corrected chi connectivity index (χ4v) is 2.33. The highest BCUT2D eigenvalue weighted by atomic mass is 16.4. The lowest BCUT2D eigenvalue weighted by Crippen LogP contribution is -2.37. The van der Waals surface area contributed by atoms with Crippen LogP contribution in [0.1, 0.15) is 30.1 Å². The minimum atomic E-state index is -0.810. The number of hydrogen-bond donors (Lipinski definition) is 2. The monoisotopic (exact) mass is 223 g/mol. The second-order valence-corrected chi connectivity index (χ2v) is 4.38. The molecule has 2 heterocycles. The highest BCUT2D eigenvalue weighted by Gasteiger charge is 2.29. The maximum absolute atomic E-state index is 10.8. The van der Waals surface area contributed by atoms with Gasteiger partial charge in [0.15, 0.2) is 0 Å². The van der Waals surface area contributed by atoms with Crippen LogP contribution in [-0.4, -0.2) is 27.2 Å². The van der Waals surface area contributed by atoms with Gasteiger partial charge in [-0.25, -0.2) is 4.79 Å². The van der Waals surface area contributed by atoms with Crippen LogP contribution in [0.25, 0.3) is 0 Å². The first-order valence-corrected chi connectivity index (χ1v) is 5.42. The van der Waals surface area contributed by atoms with Gasteiger partial charge in [0.25, 0.3) is 0 Å². The Morgan fingerprint density at radius 2 is 2.06 bits per heavy atom. The predicted octanol–water partition coefficient (Wildman–Crippen LogP) is 2.02. The van der Waals surface area contributed by atoms with Crippen molar-refractivity contribution in [3.05, 3.63) is 23.5 Å². The lowest BCUT2D eigenvalue weighted by atomic mass is 10.3. The van der Waals surface area contributed by atoms with Gasteiger partial charge in [0, 0.05) is 24.5 Å². The summed E-state index contributed by atoms with van der Waals surface area (Å²) < 4.78 is 2.30. The Morgan fingerprint density at radius 3 is 2.69 bits per heavy atom. The van der Waals surface area contributed by atoms with E-state index in [4.69, 9.17) is 5.11 Å². The average molecular weight is 223 g/mol. The van der Waals surface area contributed by atoms with E-state index in [2.05, 4.69) is 16.7 Å². The van der Waals surface area contributed by atoms with E-state index in [-0.39, 0.29) is 6.15 Å². The van der Waals surface area contributed by atoms with Gasteiger partial charge in [0.1, 0.15) is 0 Å². The van der Waals surface area contributed by atoms with Crippen molar-refractivity contribution in [2.75, 3.05) is 6.54 Å². The van der Waals surface area contributed by atoms with Crippen LogP contribution in [0.4, 0.5) is 4.79 Å². The SMILES string of the molecule is N.O=C(O)N1CCn2c(ccc2C2CC2)C1. The maximum Gasteiger partial charge on any atom is 0.407 e. The van der Waals surface area contributed by atoms with Crippen LogP contribution in [-0.2, 0) is 13.1 Å². The molecule has 3 rings (SSSR count). The van der Waals surface area contributed by atoms with Crippen LogP contribution < -0.4 is 6.15 Å². The highest BCUT2D eigenvalue weighted by Crippen LogP contribution is 2.41. The summed E-state index contributed by atoms with van der Waals surface area (Å²) in [5.74, 6) is 0.745. The number of nitrogens with zero attached hydrogens (tertiary/aromatic N) is 2. The molecule has 0 bridgehead atoms. The molecule has 1 saturated carbocycles. The first-order chi connectivity index (χ1) is 7.25. The number of rotatable bonds is 1. The van der Waals surface area contributed by atoms with Gasteiger partial charge in [-0.1, -0.05) is 0 Å². The average Bonchev–Trinajstić information content (AvgIpc) is 2.98. The van der Waals surface area contributed by atoms with Crippen molar-refractivity contribution < 1.29 is 9.90 Å². The number of carbonyl (C=O) groups is 1. The van der Waals surface area contributed by atoms with Gasteiger partial charge < -0.3 is 20.7 Å². The van der Waals surface area contributed by atoms with Crippen LogP contribution >= 0.6 is 0 Å². The molecule has 1 amide bonds. The quantitative estimate of drug-likeness (QED) is 0.764. The summed E-state index contributed by atoms with van der Waals surface area (Å²) in [6.45, 7) is 1.99. The molecule has 88 valence electrons. The zero-order chi connectivity index (χ0) is 10.4. The summed E-state index contributed by atoms with van der Waals surface area (Å²) in [4.78, 5) is 12.3. The Hall–Kier alpha value is -1.49. The van der Waals surface area contributed by atoms with Crippen LogP contribution in [0.2, 0.25) is 0 Å². The molecule has 0 saturated heterocycles. The third kappa shape index (κ3) is 1.67. The summed E-state index contributed by atoms with van der Waals surface area (Å²) in [5, 5.41) is 8.91. The molecule has 2 aliphatic rings. The van der Waals surface area contributed by atoms with E-state index in [9.17, 15) is 4.79 Å². The molecule has 0 radical (unpaired) electrons. The van der Waals surface area contributed by atoms with E-state index in [0.29, 0.717) is 13.1 Å². The summed E-state index contributed by atoms with van der Waals surface area (Å²) >= 11 is 0. The molecule has 0 unspecified atom stereocenters. The molecule has 0 spiro atoms. The Morgan fingerprint density at radius 1 is 1.31 bits per heavy atom. The van der Waals surface area contributed by atoms with Crippen LogP contribution in [0, 0.1) is 0 Å². The lowest BCUT2D eigenvalue weighted by molar-refractivity contribution is 0.132. The molecule has 1 aliphatic carbocycles. The largest absolute Gasteiger partial charge is 0.465 e. The van der Waals surface area contributed by atoms with Crippen molar-refractivity contribution >= 4 is 6.09 Å². The maximum atomic E-state index is 10.8. The smallest absolute Gasteiger partial charge is 0.407 e. The molecule has 1 aliphatic heterocycles. The molecule has 1 aromatic rings. The van der Waals surface area contributed by atoms with Crippen molar-refractivity contribution in [3.63, 3.8) is 0 Å². The first kappa shape index (κ1) is 11.0. The molecule has 5 nitrogen and oxygen atoms in total. The first-order valence-electron chi connectivity index (χ1n) is 5.42. The topological polar surface area (TPSA) is 80.5 Å². The fraction of sp³-hybridized carbons (Fsp3) is 0.545. The third-order valence-electron chi connectivity index (χ3n) is 3.32. The Labute approximate surface area is 94.2 Å². The molecule has 0 atom stereocenters. The molecular formula is C11H17N3O2. The van der Waals surface area contributed by atoms with Crippen molar-refractivity contribution in [2.45, 2.75) is 31.8 Å².